The Balaban J connectivity index is 2.42. The van der Waals surface area contributed by atoms with Gasteiger partial charge in [0.15, 0.2) is 0 Å². The zero-order valence-electron chi connectivity index (χ0n) is 9.74. The Kier molecular flexibility index (Phi) is 5.09. The lowest BCUT2D eigenvalue weighted by Gasteiger charge is -2.20. The van der Waals surface area contributed by atoms with Crippen molar-refractivity contribution >= 4 is 5.97 Å². The molecule has 1 rings (SSSR count). The van der Waals surface area contributed by atoms with Crippen LogP contribution in [0.1, 0.15) is 46.0 Å². The second-order valence-corrected chi connectivity index (χ2v) is 4.37. The minimum atomic E-state index is -0.204. The second kappa shape index (κ2) is 6.11. The van der Waals surface area contributed by atoms with Crippen molar-refractivity contribution in [1.29, 1.82) is 0 Å². The van der Waals surface area contributed by atoms with Gasteiger partial charge in [-0.2, -0.15) is 0 Å². The van der Waals surface area contributed by atoms with E-state index < -0.39 is 0 Å². The normalized spacial score (nSPS) is 30.5. The number of hydrogen-bond acceptors (Lipinski definition) is 3. The van der Waals surface area contributed by atoms with Gasteiger partial charge in [0.2, 0.25) is 0 Å². The van der Waals surface area contributed by atoms with E-state index >= 15 is 0 Å². The summed E-state index contributed by atoms with van der Waals surface area (Å²) in [7, 11) is 0. The van der Waals surface area contributed by atoms with E-state index in [2.05, 4.69) is 6.92 Å². The summed E-state index contributed by atoms with van der Waals surface area (Å²) >= 11 is 0. The average Bonchev–Trinajstić information content (AvgIpc) is 2.51. The molecule has 1 saturated carbocycles. The van der Waals surface area contributed by atoms with Crippen LogP contribution in [0.3, 0.4) is 0 Å². The molecule has 88 valence electrons. The highest BCUT2D eigenvalue weighted by Gasteiger charge is 2.35. The van der Waals surface area contributed by atoms with E-state index in [0.29, 0.717) is 24.9 Å². The summed E-state index contributed by atoms with van der Waals surface area (Å²) in [6.07, 6.45) is 4.17. The smallest absolute Gasteiger partial charge is 0.306 e. The van der Waals surface area contributed by atoms with Crippen LogP contribution in [0.5, 0.6) is 0 Å². The molecule has 0 radical (unpaired) electrons. The maximum Gasteiger partial charge on any atom is 0.306 e. The molecule has 3 atom stereocenters. The van der Waals surface area contributed by atoms with Crippen molar-refractivity contribution in [3.05, 3.63) is 0 Å². The maximum absolute atomic E-state index is 11.4. The lowest BCUT2D eigenvalue weighted by atomic mass is 9.88. The van der Waals surface area contributed by atoms with E-state index in [9.17, 15) is 9.90 Å². The number of esters is 1. The molecular formula is C12H22O3. The molecule has 15 heavy (non-hydrogen) atoms. The quantitative estimate of drug-likeness (QED) is 0.713. The number of ether oxygens (including phenoxy) is 1. The van der Waals surface area contributed by atoms with Crippen LogP contribution in [0.15, 0.2) is 0 Å². The van der Waals surface area contributed by atoms with Gasteiger partial charge < -0.3 is 9.84 Å². The lowest BCUT2D eigenvalue weighted by molar-refractivity contribution is -0.144. The first kappa shape index (κ1) is 12.5. The van der Waals surface area contributed by atoms with Crippen molar-refractivity contribution in [1.82, 2.24) is 0 Å². The zero-order chi connectivity index (χ0) is 11.3. The third kappa shape index (κ3) is 3.49. The first-order valence-electron chi connectivity index (χ1n) is 6.02. The zero-order valence-corrected chi connectivity index (χ0v) is 9.74. The van der Waals surface area contributed by atoms with E-state index in [-0.39, 0.29) is 12.1 Å². The highest BCUT2D eigenvalue weighted by molar-refractivity contribution is 5.69. The van der Waals surface area contributed by atoms with E-state index in [4.69, 9.17) is 4.74 Å². The highest BCUT2D eigenvalue weighted by atomic mass is 16.5. The molecule has 3 nitrogen and oxygen atoms in total. The monoisotopic (exact) mass is 214 g/mol. The molecule has 0 heterocycles. The van der Waals surface area contributed by atoms with Crippen LogP contribution in [-0.4, -0.2) is 23.8 Å². The van der Waals surface area contributed by atoms with Gasteiger partial charge in [-0.15, -0.1) is 0 Å². The summed E-state index contributed by atoms with van der Waals surface area (Å²) in [4.78, 5) is 11.4. The first-order valence-corrected chi connectivity index (χ1v) is 6.02. The molecule has 0 amide bonds. The van der Waals surface area contributed by atoms with Crippen molar-refractivity contribution in [3.8, 4) is 0 Å². The molecule has 0 saturated heterocycles. The van der Waals surface area contributed by atoms with Gasteiger partial charge in [0, 0.05) is 6.42 Å². The average molecular weight is 214 g/mol. The Morgan fingerprint density at radius 2 is 2.13 bits per heavy atom. The van der Waals surface area contributed by atoms with Crippen LogP contribution in [0, 0.1) is 11.8 Å². The summed E-state index contributed by atoms with van der Waals surface area (Å²) in [6, 6.07) is 0. The maximum atomic E-state index is 11.4. The Morgan fingerprint density at radius 3 is 2.73 bits per heavy atom. The van der Waals surface area contributed by atoms with Crippen molar-refractivity contribution < 1.29 is 14.6 Å². The third-order valence-corrected chi connectivity index (χ3v) is 3.29. The minimum absolute atomic E-state index is 0.113. The van der Waals surface area contributed by atoms with Gasteiger partial charge in [0.1, 0.15) is 0 Å². The van der Waals surface area contributed by atoms with E-state index in [0.717, 1.165) is 25.7 Å². The van der Waals surface area contributed by atoms with Crippen LogP contribution < -0.4 is 0 Å². The number of carbonyl (C=O) groups excluding carboxylic acids is 1. The summed E-state index contributed by atoms with van der Waals surface area (Å²) in [5.74, 6) is 0.524. The Bertz CT molecular complexity index is 203. The minimum Gasteiger partial charge on any atom is -0.466 e. The molecule has 3 heteroatoms. The standard InChI is InChI=1S/C12H22O3/c1-3-5-10-9(6-7-11(10)13)8-12(14)15-4-2/h9-11,13H,3-8H2,1-2H3. The molecule has 0 aliphatic heterocycles. The molecule has 0 aromatic rings. The van der Waals surface area contributed by atoms with Gasteiger partial charge in [0.25, 0.3) is 0 Å². The number of carbonyl (C=O) groups is 1. The Labute approximate surface area is 91.8 Å². The molecule has 1 aliphatic rings. The Hall–Kier alpha value is -0.570. The van der Waals surface area contributed by atoms with Gasteiger partial charge in [0.05, 0.1) is 12.7 Å². The molecule has 0 aromatic heterocycles. The molecule has 1 N–H and O–H groups in total. The van der Waals surface area contributed by atoms with Gasteiger partial charge in [-0.1, -0.05) is 13.3 Å². The molecular weight excluding hydrogens is 192 g/mol. The molecule has 1 aliphatic carbocycles. The molecule has 0 bridgehead atoms. The number of aliphatic hydroxyl groups excluding tert-OH is 1. The number of hydrogen-bond donors (Lipinski definition) is 1. The predicted molar refractivity (Wildman–Crippen MR) is 58.4 cm³/mol. The summed E-state index contributed by atoms with van der Waals surface area (Å²) < 4.78 is 4.94. The summed E-state index contributed by atoms with van der Waals surface area (Å²) in [5, 5.41) is 9.78. The summed E-state index contributed by atoms with van der Waals surface area (Å²) in [5.41, 5.74) is 0. The van der Waals surface area contributed by atoms with E-state index in [1.807, 2.05) is 6.92 Å². The van der Waals surface area contributed by atoms with Crippen LogP contribution in [0.25, 0.3) is 0 Å². The van der Waals surface area contributed by atoms with Crippen LogP contribution in [-0.2, 0) is 9.53 Å². The van der Waals surface area contributed by atoms with Crippen LogP contribution in [0.4, 0.5) is 0 Å². The number of aliphatic hydroxyl groups is 1. The van der Waals surface area contributed by atoms with Crippen molar-refractivity contribution in [3.63, 3.8) is 0 Å². The van der Waals surface area contributed by atoms with Gasteiger partial charge in [-0.25, -0.2) is 0 Å². The SMILES string of the molecule is CCCC1C(O)CCC1CC(=O)OCC. The molecule has 0 spiro atoms. The molecule has 3 unspecified atom stereocenters. The Morgan fingerprint density at radius 1 is 1.40 bits per heavy atom. The van der Waals surface area contributed by atoms with E-state index in [1.54, 1.807) is 0 Å². The highest BCUT2D eigenvalue weighted by Crippen LogP contribution is 2.37. The van der Waals surface area contributed by atoms with Crippen molar-refractivity contribution in [2.45, 2.75) is 52.1 Å². The van der Waals surface area contributed by atoms with Crippen molar-refractivity contribution in [2.75, 3.05) is 6.61 Å². The number of rotatable bonds is 5. The topological polar surface area (TPSA) is 46.5 Å². The fourth-order valence-corrected chi connectivity index (χ4v) is 2.58. The molecule has 0 aromatic carbocycles. The summed E-state index contributed by atoms with van der Waals surface area (Å²) in [6.45, 7) is 4.39. The van der Waals surface area contributed by atoms with Gasteiger partial charge >= 0.3 is 5.97 Å². The largest absolute Gasteiger partial charge is 0.466 e. The second-order valence-electron chi connectivity index (χ2n) is 4.37. The van der Waals surface area contributed by atoms with Crippen LogP contribution >= 0.6 is 0 Å². The van der Waals surface area contributed by atoms with Crippen LogP contribution in [0.2, 0.25) is 0 Å². The third-order valence-electron chi connectivity index (χ3n) is 3.29. The van der Waals surface area contributed by atoms with Gasteiger partial charge in [-0.3, -0.25) is 4.79 Å². The lowest BCUT2D eigenvalue weighted by Crippen LogP contribution is -2.21. The fourth-order valence-electron chi connectivity index (χ4n) is 2.58. The predicted octanol–water partition coefficient (Wildman–Crippen LogP) is 2.13. The first-order chi connectivity index (χ1) is 7.19. The molecule has 1 fully saturated rings. The van der Waals surface area contributed by atoms with Crippen molar-refractivity contribution in [2.24, 2.45) is 11.8 Å². The van der Waals surface area contributed by atoms with E-state index in [1.165, 1.54) is 0 Å². The van der Waals surface area contributed by atoms with Gasteiger partial charge in [-0.05, 0) is 38.0 Å². The fraction of sp³-hybridized carbons (Fsp3) is 0.917.